The van der Waals surface area contributed by atoms with E-state index in [9.17, 15) is 8.42 Å². The Labute approximate surface area is 93.3 Å². The average molecular weight is 237 g/mol. The van der Waals surface area contributed by atoms with Crippen LogP contribution in [0.1, 0.15) is 39.5 Å². The van der Waals surface area contributed by atoms with Crippen molar-refractivity contribution in [3.05, 3.63) is 0 Å². The molecule has 0 saturated carbocycles. The first-order valence-electron chi connectivity index (χ1n) is 5.62. The van der Waals surface area contributed by atoms with Gasteiger partial charge in [0.25, 0.3) is 10.1 Å². The van der Waals surface area contributed by atoms with Crippen LogP contribution in [0.5, 0.6) is 0 Å². The molecule has 92 valence electrons. The lowest BCUT2D eigenvalue weighted by Crippen LogP contribution is -2.21. The highest BCUT2D eigenvalue weighted by atomic mass is 32.2. The van der Waals surface area contributed by atoms with Crippen molar-refractivity contribution in [3.63, 3.8) is 0 Å². The highest BCUT2D eigenvalue weighted by Crippen LogP contribution is 2.13. The Morgan fingerprint density at radius 2 is 2.00 bits per heavy atom. The SMILES string of the molecule is CCCCC(CC)COS(=O)(=O)CCN. The predicted molar refractivity (Wildman–Crippen MR) is 62.1 cm³/mol. The third kappa shape index (κ3) is 7.76. The molecule has 15 heavy (non-hydrogen) atoms. The van der Waals surface area contributed by atoms with Gasteiger partial charge in [0.05, 0.1) is 12.4 Å². The van der Waals surface area contributed by atoms with Crippen molar-refractivity contribution in [1.82, 2.24) is 0 Å². The summed E-state index contributed by atoms with van der Waals surface area (Å²) in [6, 6.07) is 0. The summed E-state index contributed by atoms with van der Waals surface area (Å²) in [4.78, 5) is 0. The van der Waals surface area contributed by atoms with Crippen molar-refractivity contribution < 1.29 is 12.6 Å². The molecule has 0 radical (unpaired) electrons. The van der Waals surface area contributed by atoms with Crippen LogP contribution in [0.15, 0.2) is 0 Å². The fourth-order valence-corrected chi connectivity index (χ4v) is 2.11. The van der Waals surface area contributed by atoms with Gasteiger partial charge in [0.15, 0.2) is 0 Å². The minimum Gasteiger partial charge on any atom is -0.329 e. The lowest BCUT2D eigenvalue weighted by molar-refractivity contribution is 0.238. The van der Waals surface area contributed by atoms with Gasteiger partial charge in [-0.15, -0.1) is 0 Å². The van der Waals surface area contributed by atoms with E-state index in [-0.39, 0.29) is 12.3 Å². The minimum absolute atomic E-state index is 0.0861. The van der Waals surface area contributed by atoms with E-state index in [2.05, 4.69) is 13.8 Å². The second kappa shape index (κ2) is 8.07. The maximum atomic E-state index is 11.2. The molecule has 0 fully saturated rings. The van der Waals surface area contributed by atoms with E-state index < -0.39 is 10.1 Å². The highest BCUT2D eigenvalue weighted by Gasteiger charge is 2.13. The van der Waals surface area contributed by atoms with Crippen LogP contribution in [0.4, 0.5) is 0 Å². The van der Waals surface area contributed by atoms with Crippen LogP contribution in [0, 0.1) is 5.92 Å². The molecule has 0 aromatic carbocycles. The Morgan fingerprint density at radius 3 is 2.47 bits per heavy atom. The zero-order chi connectivity index (χ0) is 11.7. The van der Waals surface area contributed by atoms with Gasteiger partial charge in [0, 0.05) is 6.54 Å². The van der Waals surface area contributed by atoms with Crippen LogP contribution in [-0.2, 0) is 14.3 Å². The van der Waals surface area contributed by atoms with Gasteiger partial charge in [-0.2, -0.15) is 8.42 Å². The van der Waals surface area contributed by atoms with Crippen molar-refractivity contribution in [2.45, 2.75) is 39.5 Å². The fourth-order valence-electron chi connectivity index (χ4n) is 1.30. The Hall–Kier alpha value is -0.130. The van der Waals surface area contributed by atoms with Crippen molar-refractivity contribution in [2.24, 2.45) is 11.7 Å². The molecule has 0 saturated heterocycles. The van der Waals surface area contributed by atoms with E-state index in [4.69, 9.17) is 9.92 Å². The summed E-state index contributed by atoms with van der Waals surface area (Å²) in [6.07, 6.45) is 4.24. The van der Waals surface area contributed by atoms with Gasteiger partial charge < -0.3 is 5.73 Å². The van der Waals surface area contributed by atoms with Gasteiger partial charge in [-0.1, -0.05) is 33.1 Å². The molecule has 0 amide bonds. The summed E-state index contributed by atoms with van der Waals surface area (Å²) >= 11 is 0. The van der Waals surface area contributed by atoms with Crippen molar-refractivity contribution in [2.75, 3.05) is 18.9 Å². The van der Waals surface area contributed by atoms with E-state index in [1.165, 1.54) is 0 Å². The van der Waals surface area contributed by atoms with Gasteiger partial charge in [-0.25, -0.2) is 0 Å². The van der Waals surface area contributed by atoms with E-state index in [1.807, 2.05) is 0 Å². The molecule has 0 aliphatic carbocycles. The number of rotatable bonds is 9. The smallest absolute Gasteiger partial charge is 0.268 e. The Morgan fingerprint density at radius 1 is 1.33 bits per heavy atom. The molecule has 4 nitrogen and oxygen atoms in total. The summed E-state index contributed by atoms with van der Waals surface area (Å²) < 4.78 is 27.4. The molecule has 5 heteroatoms. The maximum absolute atomic E-state index is 11.2. The molecule has 0 aromatic rings. The summed E-state index contributed by atoms with van der Waals surface area (Å²) in [5.74, 6) is 0.259. The van der Waals surface area contributed by atoms with Crippen LogP contribution < -0.4 is 5.73 Å². The molecule has 0 heterocycles. The van der Waals surface area contributed by atoms with E-state index >= 15 is 0 Å². The highest BCUT2D eigenvalue weighted by molar-refractivity contribution is 7.86. The summed E-state index contributed by atoms with van der Waals surface area (Å²) in [5, 5.41) is 0. The first-order valence-corrected chi connectivity index (χ1v) is 7.20. The second-order valence-electron chi connectivity index (χ2n) is 3.75. The maximum Gasteiger partial charge on any atom is 0.268 e. The molecular weight excluding hydrogens is 214 g/mol. The van der Waals surface area contributed by atoms with Crippen molar-refractivity contribution in [3.8, 4) is 0 Å². The second-order valence-corrected chi connectivity index (χ2v) is 5.51. The minimum atomic E-state index is -3.39. The molecule has 0 spiro atoms. The van der Waals surface area contributed by atoms with E-state index in [0.29, 0.717) is 12.5 Å². The average Bonchev–Trinajstić information content (AvgIpc) is 2.18. The van der Waals surface area contributed by atoms with Gasteiger partial charge in [-0.3, -0.25) is 4.18 Å². The molecule has 0 aromatic heterocycles. The first-order chi connectivity index (χ1) is 7.05. The number of hydrogen-bond donors (Lipinski definition) is 1. The quantitative estimate of drug-likeness (QED) is 0.617. The van der Waals surface area contributed by atoms with Gasteiger partial charge in [0.2, 0.25) is 0 Å². The summed E-state index contributed by atoms with van der Waals surface area (Å²) in [5.41, 5.74) is 5.17. The topological polar surface area (TPSA) is 69.4 Å². The molecule has 0 bridgehead atoms. The largest absolute Gasteiger partial charge is 0.329 e. The predicted octanol–water partition coefficient (Wildman–Crippen LogP) is 1.51. The molecule has 0 aliphatic heterocycles. The fraction of sp³-hybridized carbons (Fsp3) is 1.00. The summed E-state index contributed by atoms with van der Waals surface area (Å²) in [6.45, 7) is 4.60. The molecule has 1 atom stereocenters. The molecule has 2 N–H and O–H groups in total. The van der Waals surface area contributed by atoms with Crippen LogP contribution in [0.3, 0.4) is 0 Å². The Kier molecular flexibility index (Phi) is 8.00. The normalized spacial score (nSPS) is 14.1. The number of unbranched alkanes of at least 4 members (excludes halogenated alkanes) is 1. The van der Waals surface area contributed by atoms with Crippen LogP contribution in [0.25, 0.3) is 0 Å². The van der Waals surface area contributed by atoms with Crippen molar-refractivity contribution >= 4 is 10.1 Å². The Bertz CT molecular complexity index is 239. The summed E-state index contributed by atoms with van der Waals surface area (Å²) in [7, 11) is -3.39. The van der Waals surface area contributed by atoms with Crippen LogP contribution in [0.2, 0.25) is 0 Å². The molecule has 0 rings (SSSR count). The van der Waals surface area contributed by atoms with Crippen LogP contribution in [-0.4, -0.2) is 27.3 Å². The van der Waals surface area contributed by atoms with E-state index in [1.54, 1.807) is 0 Å². The monoisotopic (exact) mass is 237 g/mol. The zero-order valence-electron chi connectivity index (χ0n) is 9.74. The van der Waals surface area contributed by atoms with Gasteiger partial charge in [-0.05, 0) is 12.3 Å². The molecular formula is C10H23NO3S. The van der Waals surface area contributed by atoms with Crippen LogP contribution >= 0.6 is 0 Å². The Balaban J connectivity index is 3.89. The van der Waals surface area contributed by atoms with Gasteiger partial charge >= 0.3 is 0 Å². The molecule has 0 aliphatic rings. The standard InChI is InChI=1S/C10H23NO3S/c1-3-5-6-10(4-2)9-14-15(12,13)8-7-11/h10H,3-9,11H2,1-2H3. The lowest BCUT2D eigenvalue weighted by Gasteiger charge is -2.14. The third-order valence-corrected chi connectivity index (χ3v) is 3.63. The lowest BCUT2D eigenvalue weighted by atomic mass is 10.0. The number of nitrogens with two attached hydrogens (primary N) is 1. The first kappa shape index (κ1) is 14.9. The zero-order valence-corrected chi connectivity index (χ0v) is 10.6. The van der Waals surface area contributed by atoms with Crippen molar-refractivity contribution in [1.29, 1.82) is 0 Å². The third-order valence-electron chi connectivity index (χ3n) is 2.39. The molecule has 1 unspecified atom stereocenters. The van der Waals surface area contributed by atoms with E-state index in [0.717, 1.165) is 25.7 Å². The number of hydrogen-bond acceptors (Lipinski definition) is 4. The van der Waals surface area contributed by atoms with Gasteiger partial charge in [0.1, 0.15) is 0 Å².